The van der Waals surface area contributed by atoms with E-state index in [4.69, 9.17) is 24.9 Å². The third-order valence-corrected chi connectivity index (χ3v) is 7.74. The van der Waals surface area contributed by atoms with Crippen LogP contribution in [0, 0.1) is 12.3 Å². The van der Waals surface area contributed by atoms with Crippen LogP contribution < -0.4 is 20.9 Å². The molecule has 1 aliphatic heterocycles. The van der Waals surface area contributed by atoms with Crippen LogP contribution in [0.25, 0.3) is 0 Å². The summed E-state index contributed by atoms with van der Waals surface area (Å²) in [6.45, 7) is 4.51. The number of esters is 1. The first-order chi connectivity index (χ1) is 18.5. The van der Waals surface area contributed by atoms with Gasteiger partial charge in [0.2, 0.25) is 0 Å². The topological polar surface area (TPSA) is 178 Å². The Morgan fingerprint density at radius 1 is 1.28 bits per heavy atom. The normalized spacial score (nSPS) is 25.0. The zero-order valence-corrected chi connectivity index (χ0v) is 22.6. The van der Waals surface area contributed by atoms with E-state index >= 15 is 0 Å². The van der Waals surface area contributed by atoms with Crippen molar-refractivity contribution in [1.82, 2.24) is 14.6 Å². The highest BCUT2D eigenvalue weighted by Crippen LogP contribution is 2.46. The number of carbonyl (C=O) groups is 1. The van der Waals surface area contributed by atoms with Crippen LogP contribution in [0.4, 0.5) is 0 Å². The van der Waals surface area contributed by atoms with E-state index < -0.39 is 61.7 Å². The minimum absolute atomic E-state index is 0.152. The van der Waals surface area contributed by atoms with Crippen LogP contribution >= 0.6 is 7.75 Å². The first kappa shape index (κ1) is 30.3. The SMILES string of the molecule is C#C[C@@]1(O)[C@H](O)[C@@H](COP(=O)(NC(C)C(=O)OC(CC)CC)Oc2ccccc2)O[C@H]1n1ccc(=O)[nH]c1=O. The third-order valence-electron chi connectivity index (χ3n) is 6.09. The largest absolute Gasteiger partial charge is 0.461 e. The van der Waals surface area contributed by atoms with Crippen molar-refractivity contribution in [3.8, 4) is 18.1 Å². The summed E-state index contributed by atoms with van der Waals surface area (Å²) in [6.07, 6.45) is 2.54. The number of benzene rings is 1. The second-order valence-electron chi connectivity index (χ2n) is 8.88. The second-order valence-corrected chi connectivity index (χ2v) is 10.6. The summed E-state index contributed by atoms with van der Waals surface area (Å²) < 4.78 is 36.7. The van der Waals surface area contributed by atoms with Gasteiger partial charge in [0, 0.05) is 12.3 Å². The lowest BCUT2D eigenvalue weighted by molar-refractivity contribution is -0.151. The number of aromatic amines is 1. The summed E-state index contributed by atoms with van der Waals surface area (Å²) in [5.41, 5.74) is -4.06. The summed E-state index contributed by atoms with van der Waals surface area (Å²) in [7, 11) is -4.34. The van der Waals surface area contributed by atoms with Crippen molar-refractivity contribution >= 4 is 13.7 Å². The van der Waals surface area contributed by atoms with Gasteiger partial charge in [-0.05, 0) is 31.9 Å². The van der Waals surface area contributed by atoms with Gasteiger partial charge in [0.05, 0.1) is 6.61 Å². The molecule has 0 saturated carbocycles. The Bertz CT molecular complexity index is 1340. The maximum Gasteiger partial charge on any atom is 0.459 e. The van der Waals surface area contributed by atoms with Gasteiger partial charge in [-0.25, -0.2) is 9.36 Å². The lowest BCUT2D eigenvalue weighted by atomic mass is 9.95. The number of nitrogens with one attached hydrogen (secondary N) is 2. The number of hydrogen-bond acceptors (Lipinski definition) is 10. The molecule has 0 aliphatic carbocycles. The Hall–Kier alpha value is -3.24. The maximum atomic E-state index is 13.8. The predicted octanol–water partition coefficient (Wildman–Crippen LogP) is 1.07. The van der Waals surface area contributed by atoms with Crippen molar-refractivity contribution in [2.45, 2.75) is 69.8 Å². The fourth-order valence-corrected chi connectivity index (χ4v) is 5.35. The number of hydrogen-bond donors (Lipinski definition) is 4. The molecule has 1 aliphatic rings. The number of terminal acetylenes is 1. The molecule has 2 aromatic rings. The van der Waals surface area contributed by atoms with Crippen molar-refractivity contribution in [3.63, 3.8) is 0 Å². The van der Waals surface area contributed by atoms with Crippen molar-refractivity contribution in [2.24, 2.45) is 0 Å². The zero-order chi connectivity index (χ0) is 28.8. The maximum absolute atomic E-state index is 13.8. The Labute approximate surface area is 224 Å². The minimum atomic E-state index is -4.34. The number of H-pyrrole nitrogens is 1. The van der Waals surface area contributed by atoms with E-state index in [1.54, 1.807) is 18.2 Å². The van der Waals surface area contributed by atoms with E-state index in [-0.39, 0.29) is 11.9 Å². The van der Waals surface area contributed by atoms with Crippen molar-refractivity contribution in [1.29, 1.82) is 0 Å². The van der Waals surface area contributed by atoms with E-state index in [0.29, 0.717) is 12.8 Å². The van der Waals surface area contributed by atoms with Crippen LogP contribution in [0.3, 0.4) is 0 Å². The first-order valence-electron chi connectivity index (χ1n) is 12.3. The number of aromatic nitrogens is 2. The Balaban J connectivity index is 1.82. The fourth-order valence-electron chi connectivity index (χ4n) is 3.84. The van der Waals surface area contributed by atoms with Gasteiger partial charge >= 0.3 is 19.4 Å². The van der Waals surface area contributed by atoms with Crippen LogP contribution in [-0.4, -0.2) is 62.3 Å². The monoisotopic (exact) mass is 565 g/mol. The van der Waals surface area contributed by atoms with Gasteiger partial charge in [-0.3, -0.25) is 23.7 Å². The van der Waals surface area contributed by atoms with E-state index in [1.807, 2.05) is 24.8 Å². The summed E-state index contributed by atoms with van der Waals surface area (Å²) in [5, 5.41) is 24.3. The molecule has 3 rings (SSSR count). The Kier molecular flexibility index (Phi) is 9.90. The second kappa shape index (κ2) is 12.7. The Morgan fingerprint density at radius 2 is 1.95 bits per heavy atom. The summed E-state index contributed by atoms with van der Waals surface area (Å²) in [5.74, 6) is 1.49. The highest BCUT2D eigenvalue weighted by molar-refractivity contribution is 7.52. The molecule has 39 heavy (non-hydrogen) atoms. The molecule has 6 atom stereocenters. The van der Waals surface area contributed by atoms with Gasteiger partial charge in [0.25, 0.3) is 5.56 Å². The summed E-state index contributed by atoms with van der Waals surface area (Å²) >= 11 is 0. The smallest absolute Gasteiger partial charge is 0.459 e. The van der Waals surface area contributed by atoms with Crippen LogP contribution in [0.15, 0.2) is 52.2 Å². The van der Waals surface area contributed by atoms with Gasteiger partial charge in [0.1, 0.15) is 30.1 Å². The quantitative estimate of drug-likeness (QED) is 0.164. The number of rotatable bonds is 12. The molecule has 0 radical (unpaired) electrons. The molecule has 4 N–H and O–H groups in total. The van der Waals surface area contributed by atoms with Crippen molar-refractivity contribution in [2.75, 3.05) is 6.61 Å². The molecule has 1 aromatic carbocycles. The van der Waals surface area contributed by atoms with Crippen molar-refractivity contribution in [3.05, 3.63) is 63.4 Å². The van der Waals surface area contributed by atoms with E-state index in [9.17, 15) is 29.2 Å². The molecule has 212 valence electrons. The predicted molar refractivity (Wildman–Crippen MR) is 139 cm³/mol. The summed E-state index contributed by atoms with van der Waals surface area (Å²) in [6, 6.07) is 7.89. The lowest BCUT2D eigenvalue weighted by Gasteiger charge is -2.26. The number of aliphatic hydroxyl groups excluding tert-OH is 1. The standard InChI is InChI=1S/C25H32N3O10P/c1-5-17(6-2)36-22(31)16(4)27-39(34,38-18-11-9-8-10-12-18)35-15-19-21(30)25(33,7-3)23(37-19)28-14-13-20(29)26-24(28)32/h3,8-14,16-17,19,21,23,30,33H,5-6,15H2,1-2,4H3,(H,27,34)(H,26,29,32)/t16?,19-,21-,23-,25-,39?/m1/s1. The number of ether oxygens (including phenoxy) is 2. The molecule has 0 bridgehead atoms. The molecule has 2 heterocycles. The molecular weight excluding hydrogens is 533 g/mol. The van der Waals surface area contributed by atoms with E-state index in [2.05, 4.69) is 5.09 Å². The average Bonchev–Trinajstić information content (AvgIpc) is 3.16. The lowest BCUT2D eigenvalue weighted by Crippen LogP contribution is -2.48. The molecule has 0 spiro atoms. The molecule has 14 heteroatoms. The number of aliphatic hydroxyl groups is 2. The number of nitrogens with zero attached hydrogens (tertiary/aromatic N) is 1. The van der Waals surface area contributed by atoms with Gasteiger partial charge in [-0.2, -0.15) is 5.09 Å². The molecule has 2 unspecified atom stereocenters. The number of para-hydroxylation sites is 1. The Morgan fingerprint density at radius 3 is 2.54 bits per heavy atom. The zero-order valence-electron chi connectivity index (χ0n) is 21.7. The van der Waals surface area contributed by atoms with E-state index in [1.165, 1.54) is 19.1 Å². The van der Waals surface area contributed by atoms with Crippen LogP contribution in [-0.2, 0) is 23.4 Å². The van der Waals surface area contributed by atoms with Gasteiger partial charge in [0.15, 0.2) is 11.8 Å². The highest BCUT2D eigenvalue weighted by Gasteiger charge is 2.56. The molecular formula is C25H32N3O10P. The van der Waals surface area contributed by atoms with E-state index in [0.717, 1.165) is 16.8 Å². The fraction of sp³-hybridized carbons (Fsp3) is 0.480. The van der Waals surface area contributed by atoms with Crippen LogP contribution in [0.2, 0.25) is 0 Å². The number of carbonyl (C=O) groups excluding carboxylic acids is 1. The van der Waals surface area contributed by atoms with Crippen LogP contribution in [0.5, 0.6) is 5.75 Å². The molecule has 1 aromatic heterocycles. The van der Waals surface area contributed by atoms with Gasteiger partial charge in [-0.15, -0.1) is 6.42 Å². The molecule has 1 saturated heterocycles. The van der Waals surface area contributed by atoms with Crippen LogP contribution in [0.1, 0.15) is 39.8 Å². The summed E-state index contributed by atoms with van der Waals surface area (Å²) in [4.78, 5) is 38.3. The molecule has 0 amide bonds. The third kappa shape index (κ3) is 7.05. The van der Waals surface area contributed by atoms with Gasteiger partial charge in [-0.1, -0.05) is 38.0 Å². The average molecular weight is 566 g/mol. The molecule has 13 nitrogen and oxygen atoms in total. The van der Waals surface area contributed by atoms with Crippen molar-refractivity contribution < 1.29 is 38.1 Å². The first-order valence-corrected chi connectivity index (χ1v) is 13.8. The minimum Gasteiger partial charge on any atom is -0.461 e. The van der Waals surface area contributed by atoms with Gasteiger partial charge < -0.3 is 24.2 Å². The molecule has 1 fully saturated rings. The highest BCUT2D eigenvalue weighted by atomic mass is 31.2.